The Bertz CT molecular complexity index is 546. The fourth-order valence-corrected chi connectivity index (χ4v) is 1.85. The highest BCUT2D eigenvalue weighted by Gasteiger charge is 2.25. The Morgan fingerprint density at radius 2 is 1.70 bits per heavy atom. The first-order valence-electron chi connectivity index (χ1n) is 7.38. The normalized spacial score (nSPS) is 13.0. The molecule has 0 unspecified atom stereocenters. The first-order valence-corrected chi connectivity index (χ1v) is 7.38. The van der Waals surface area contributed by atoms with Crippen LogP contribution in [0.2, 0.25) is 0 Å². The smallest absolute Gasteiger partial charge is 0.408 e. The van der Waals surface area contributed by atoms with E-state index in [2.05, 4.69) is 10.6 Å². The van der Waals surface area contributed by atoms with Gasteiger partial charge in [0.2, 0.25) is 11.8 Å². The summed E-state index contributed by atoms with van der Waals surface area (Å²) in [5.74, 6) is -1.26. The lowest BCUT2D eigenvalue weighted by Crippen LogP contribution is -2.53. The molecule has 1 aromatic carbocycles. The number of amides is 3. The van der Waals surface area contributed by atoms with Crippen molar-refractivity contribution in [3.63, 3.8) is 0 Å². The first kappa shape index (κ1) is 18.5. The van der Waals surface area contributed by atoms with Crippen LogP contribution >= 0.6 is 0 Å². The van der Waals surface area contributed by atoms with Gasteiger partial charge in [-0.05, 0) is 18.4 Å². The van der Waals surface area contributed by atoms with Crippen molar-refractivity contribution < 1.29 is 19.1 Å². The monoisotopic (exact) mass is 321 g/mol. The third-order valence-corrected chi connectivity index (χ3v) is 3.21. The van der Waals surface area contributed by atoms with E-state index in [4.69, 9.17) is 10.5 Å². The Morgan fingerprint density at radius 1 is 1.09 bits per heavy atom. The average molecular weight is 321 g/mol. The van der Waals surface area contributed by atoms with Gasteiger partial charge in [0, 0.05) is 0 Å². The zero-order chi connectivity index (χ0) is 17.4. The van der Waals surface area contributed by atoms with E-state index in [1.165, 1.54) is 6.92 Å². The first-order chi connectivity index (χ1) is 10.8. The van der Waals surface area contributed by atoms with Crippen molar-refractivity contribution in [2.75, 3.05) is 0 Å². The summed E-state index contributed by atoms with van der Waals surface area (Å²) < 4.78 is 5.03. The molecule has 0 bridgehead atoms. The maximum absolute atomic E-state index is 12.0. The summed E-state index contributed by atoms with van der Waals surface area (Å²) in [7, 11) is 0. The van der Waals surface area contributed by atoms with E-state index in [1.807, 2.05) is 30.3 Å². The SMILES string of the molecule is CC(C)[C@@H](NC(=O)[C@@H](C)NC(=O)OCc1ccccc1)C(N)=O. The Hall–Kier alpha value is -2.57. The van der Waals surface area contributed by atoms with E-state index in [9.17, 15) is 14.4 Å². The van der Waals surface area contributed by atoms with Crippen LogP contribution in [-0.2, 0) is 20.9 Å². The minimum absolute atomic E-state index is 0.108. The van der Waals surface area contributed by atoms with Crippen LogP contribution in [0.3, 0.4) is 0 Å². The zero-order valence-electron chi connectivity index (χ0n) is 13.5. The van der Waals surface area contributed by atoms with Gasteiger partial charge in [0.1, 0.15) is 18.7 Å². The molecule has 126 valence electrons. The van der Waals surface area contributed by atoms with E-state index >= 15 is 0 Å². The van der Waals surface area contributed by atoms with Gasteiger partial charge in [0.05, 0.1) is 0 Å². The molecule has 1 aromatic rings. The fraction of sp³-hybridized carbons (Fsp3) is 0.438. The quantitative estimate of drug-likeness (QED) is 0.693. The number of carbonyl (C=O) groups is 3. The average Bonchev–Trinajstić information content (AvgIpc) is 2.50. The maximum Gasteiger partial charge on any atom is 0.408 e. The lowest BCUT2D eigenvalue weighted by atomic mass is 10.0. The fourth-order valence-electron chi connectivity index (χ4n) is 1.85. The minimum atomic E-state index is -0.848. The van der Waals surface area contributed by atoms with Crippen molar-refractivity contribution in [3.8, 4) is 0 Å². The van der Waals surface area contributed by atoms with Gasteiger partial charge in [-0.25, -0.2) is 4.79 Å². The predicted octanol–water partition coefficient (Wildman–Crippen LogP) is 0.927. The van der Waals surface area contributed by atoms with Crippen molar-refractivity contribution in [1.82, 2.24) is 10.6 Å². The van der Waals surface area contributed by atoms with Crippen LogP contribution in [0.4, 0.5) is 4.79 Å². The van der Waals surface area contributed by atoms with Crippen LogP contribution in [0.5, 0.6) is 0 Å². The number of ether oxygens (including phenoxy) is 1. The number of nitrogens with one attached hydrogen (secondary N) is 2. The van der Waals surface area contributed by atoms with E-state index in [0.29, 0.717) is 0 Å². The van der Waals surface area contributed by atoms with Crippen LogP contribution in [0.15, 0.2) is 30.3 Å². The van der Waals surface area contributed by atoms with Crippen LogP contribution in [0, 0.1) is 5.92 Å². The molecule has 1 rings (SSSR count). The third kappa shape index (κ3) is 6.37. The molecule has 0 heterocycles. The zero-order valence-corrected chi connectivity index (χ0v) is 13.5. The molecule has 0 saturated heterocycles. The van der Waals surface area contributed by atoms with Crippen LogP contribution in [0.25, 0.3) is 0 Å². The third-order valence-electron chi connectivity index (χ3n) is 3.21. The lowest BCUT2D eigenvalue weighted by molar-refractivity contribution is -0.129. The molecule has 0 aliphatic rings. The number of alkyl carbamates (subject to hydrolysis) is 1. The summed E-state index contributed by atoms with van der Waals surface area (Å²) in [5.41, 5.74) is 6.07. The van der Waals surface area contributed by atoms with E-state index in [0.717, 1.165) is 5.56 Å². The van der Waals surface area contributed by atoms with Gasteiger partial charge in [-0.15, -0.1) is 0 Å². The second kappa shape index (κ2) is 8.77. The van der Waals surface area contributed by atoms with Crippen LogP contribution in [-0.4, -0.2) is 30.0 Å². The van der Waals surface area contributed by atoms with Gasteiger partial charge in [-0.2, -0.15) is 0 Å². The molecule has 2 atom stereocenters. The summed E-state index contributed by atoms with van der Waals surface area (Å²) >= 11 is 0. The number of hydrogen-bond acceptors (Lipinski definition) is 4. The van der Waals surface area contributed by atoms with Crippen molar-refractivity contribution in [3.05, 3.63) is 35.9 Å². The number of hydrogen-bond donors (Lipinski definition) is 3. The number of primary amides is 1. The van der Waals surface area contributed by atoms with Crippen molar-refractivity contribution in [1.29, 1.82) is 0 Å². The molecular weight excluding hydrogens is 298 g/mol. The Balaban J connectivity index is 2.44. The Kier molecular flexibility index (Phi) is 7.05. The lowest BCUT2D eigenvalue weighted by Gasteiger charge is -2.21. The maximum atomic E-state index is 12.0. The van der Waals surface area contributed by atoms with Gasteiger partial charge in [0.15, 0.2) is 0 Å². The second-order valence-corrected chi connectivity index (χ2v) is 5.56. The molecule has 0 fully saturated rings. The molecule has 0 aliphatic carbocycles. The number of rotatable bonds is 7. The van der Waals surface area contributed by atoms with Crippen LogP contribution < -0.4 is 16.4 Å². The van der Waals surface area contributed by atoms with Crippen LogP contribution in [0.1, 0.15) is 26.3 Å². The standard InChI is InChI=1S/C16H23N3O4/c1-10(2)13(14(17)20)19-15(21)11(3)18-16(22)23-9-12-7-5-4-6-8-12/h4-8,10-11,13H,9H2,1-3H3,(H2,17,20)(H,18,22)(H,19,21)/t11-,13-/m1/s1. The summed E-state index contributed by atoms with van der Waals surface area (Å²) in [6, 6.07) is 7.55. The molecular formula is C16H23N3O4. The Morgan fingerprint density at radius 3 is 2.22 bits per heavy atom. The summed E-state index contributed by atoms with van der Waals surface area (Å²) in [5, 5.41) is 4.92. The molecule has 0 saturated carbocycles. The number of carbonyl (C=O) groups excluding carboxylic acids is 3. The van der Waals surface area contributed by atoms with Gasteiger partial charge < -0.3 is 21.1 Å². The molecule has 0 spiro atoms. The molecule has 7 heteroatoms. The second-order valence-electron chi connectivity index (χ2n) is 5.56. The van der Waals surface area contributed by atoms with Gasteiger partial charge >= 0.3 is 6.09 Å². The van der Waals surface area contributed by atoms with Gasteiger partial charge in [-0.3, -0.25) is 9.59 Å². The van der Waals surface area contributed by atoms with Crippen molar-refractivity contribution >= 4 is 17.9 Å². The molecule has 4 N–H and O–H groups in total. The summed E-state index contributed by atoms with van der Waals surface area (Å²) in [6.07, 6.45) is -0.711. The minimum Gasteiger partial charge on any atom is -0.445 e. The molecule has 0 radical (unpaired) electrons. The highest BCUT2D eigenvalue weighted by molar-refractivity contribution is 5.90. The summed E-state index contributed by atoms with van der Waals surface area (Å²) in [4.78, 5) is 34.9. The predicted molar refractivity (Wildman–Crippen MR) is 85.2 cm³/mol. The molecule has 7 nitrogen and oxygen atoms in total. The largest absolute Gasteiger partial charge is 0.445 e. The van der Waals surface area contributed by atoms with Crippen molar-refractivity contribution in [2.24, 2.45) is 11.7 Å². The number of benzene rings is 1. The molecule has 23 heavy (non-hydrogen) atoms. The number of nitrogens with two attached hydrogens (primary N) is 1. The van der Waals surface area contributed by atoms with E-state index in [-0.39, 0.29) is 12.5 Å². The topological polar surface area (TPSA) is 111 Å². The highest BCUT2D eigenvalue weighted by atomic mass is 16.5. The Labute approximate surface area is 135 Å². The van der Waals surface area contributed by atoms with Gasteiger partial charge in [0.25, 0.3) is 0 Å². The molecule has 0 aromatic heterocycles. The molecule has 0 aliphatic heterocycles. The summed E-state index contributed by atoms with van der Waals surface area (Å²) in [6.45, 7) is 5.14. The van der Waals surface area contributed by atoms with Crippen molar-refractivity contribution in [2.45, 2.75) is 39.5 Å². The van der Waals surface area contributed by atoms with E-state index in [1.54, 1.807) is 13.8 Å². The highest BCUT2D eigenvalue weighted by Crippen LogP contribution is 2.02. The molecule has 3 amide bonds. The van der Waals surface area contributed by atoms with Gasteiger partial charge in [-0.1, -0.05) is 44.2 Å². The van der Waals surface area contributed by atoms with E-state index < -0.39 is 30.0 Å².